The lowest BCUT2D eigenvalue weighted by Gasteiger charge is -2.31. The van der Waals surface area contributed by atoms with E-state index >= 15 is 0 Å². The van der Waals surface area contributed by atoms with Crippen LogP contribution in [0.4, 0.5) is 0 Å². The zero-order valence-corrected chi connectivity index (χ0v) is 10.9. The van der Waals surface area contributed by atoms with Gasteiger partial charge in [0, 0.05) is 24.9 Å². The van der Waals surface area contributed by atoms with Gasteiger partial charge in [-0.3, -0.25) is 0 Å². The normalized spacial score (nSPS) is 24.4. The Morgan fingerprint density at radius 3 is 2.93 bits per heavy atom. The first-order chi connectivity index (χ1) is 6.79. The molecule has 0 aliphatic carbocycles. The minimum Gasteiger partial charge on any atom is -0.329 e. The highest BCUT2D eigenvalue weighted by Crippen LogP contribution is 2.27. The summed E-state index contributed by atoms with van der Waals surface area (Å²) in [6.45, 7) is 1.99. The van der Waals surface area contributed by atoms with Gasteiger partial charge in [0.25, 0.3) is 0 Å². The molecule has 0 radical (unpaired) electrons. The van der Waals surface area contributed by atoms with E-state index in [4.69, 9.17) is 5.73 Å². The summed E-state index contributed by atoms with van der Waals surface area (Å²) in [6.07, 6.45) is 3.52. The van der Waals surface area contributed by atoms with Crippen LogP contribution in [0.15, 0.2) is 0 Å². The van der Waals surface area contributed by atoms with Crippen LogP contribution in [0.3, 0.4) is 0 Å². The van der Waals surface area contributed by atoms with E-state index < -0.39 is 0 Å². The molecule has 0 aromatic rings. The fourth-order valence-electron chi connectivity index (χ4n) is 1.99. The molecule has 1 aliphatic rings. The van der Waals surface area contributed by atoms with E-state index in [9.17, 15) is 0 Å². The van der Waals surface area contributed by atoms with E-state index in [0.29, 0.717) is 6.04 Å². The van der Waals surface area contributed by atoms with Gasteiger partial charge in [-0.1, -0.05) is 0 Å². The third-order valence-corrected chi connectivity index (χ3v) is 4.74. The zero-order chi connectivity index (χ0) is 10.4. The molecule has 0 amide bonds. The maximum absolute atomic E-state index is 5.87. The molecule has 1 aliphatic heterocycles. The fraction of sp³-hybridized carbons (Fsp3) is 1.00. The van der Waals surface area contributed by atoms with Gasteiger partial charge in [-0.05, 0) is 37.1 Å². The van der Waals surface area contributed by atoms with Crippen LogP contribution in [0.25, 0.3) is 0 Å². The molecule has 2 unspecified atom stereocenters. The Hall–Kier alpha value is 0.620. The molecule has 0 bridgehead atoms. The van der Waals surface area contributed by atoms with Gasteiger partial charge in [0.05, 0.1) is 0 Å². The monoisotopic (exact) mass is 234 g/mol. The quantitative estimate of drug-likeness (QED) is 0.751. The van der Waals surface area contributed by atoms with Crippen molar-refractivity contribution in [3.05, 3.63) is 0 Å². The lowest BCUT2D eigenvalue weighted by molar-refractivity contribution is 0.202. The molecule has 2 nitrogen and oxygen atoms in total. The molecule has 0 saturated carbocycles. The summed E-state index contributed by atoms with van der Waals surface area (Å²) in [5.74, 6) is 4.69. The summed E-state index contributed by atoms with van der Waals surface area (Å²) >= 11 is 3.99. The minimum absolute atomic E-state index is 0.608. The molecule has 14 heavy (non-hydrogen) atoms. The van der Waals surface area contributed by atoms with Crippen molar-refractivity contribution in [1.82, 2.24) is 4.90 Å². The Morgan fingerprint density at radius 1 is 1.64 bits per heavy atom. The highest BCUT2D eigenvalue weighted by Gasteiger charge is 2.26. The van der Waals surface area contributed by atoms with Crippen molar-refractivity contribution in [3.63, 3.8) is 0 Å². The third kappa shape index (κ3) is 3.65. The van der Waals surface area contributed by atoms with Crippen molar-refractivity contribution >= 4 is 23.5 Å². The predicted octanol–water partition coefficient (Wildman–Crippen LogP) is 1.36. The van der Waals surface area contributed by atoms with Crippen LogP contribution in [0.2, 0.25) is 0 Å². The van der Waals surface area contributed by atoms with Gasteiger partial charge in [-0.2, -0.15) is 23.5 Å². The van der Waals surface area contributed by atoms with Crippen molar-refractivity contribution in [2.75, 3.05) is 43.7 Å². The maximum atomic E-state index is 5.87. The van der Waals surface area contributed by atoms with E-state index in [0.717, 1.165) is 12.5 Å². The standard InChI is InChI=1S/C10H22N2S2/c1-12(4-6-13-2)10(7-11)9-3-5-14-8-9/h9-10H,3-8,11H2,1-2H3. The van der Waals surface area contributed by atoms with Crippen molar-refractivity contribution < 1.29 is 0 Å². The second-order valence-corrected chi connectivity index (χ2v) is 6.04. The Labute approximate surface area is 96.4 Å². The number of hydrogen-bond donors (Lipinski definition) is 1. The van der Waals surface area contributed by atoms with Gasteiger partial charge >= 0.3 is 0 Å². The van der Waals surface area contributed by atoms with Gasteiger partial charge in [-0.15, -0.1) is 0 Å². The lowest BCUT2D eigenvalue weighted by Crippen LogP contribution is -2.44. The van der Waals surface area contributed by atoms with Crippen molar-refractivity contribution in [2.45, 2.75) is 12.5 Å². The second-order valence-electron chi connectivity index (χ2n) is 3.90. The summed E-state index contributed by atoms with van der Waals surface area (Å²) in [5.41, 5.74) is 5.87. The van der Waals surface area contributed by atoms with Crippen LogP contribution >= 0.6 is 23.5 Å². The first kappa shape index (κ1) is 12.7. The van der Waals surface area contributed by atoms with E-state index in [1.54, 1.807) is 0 Å². The molecule has 1 heterocycles. The highest BCUT2D eigenvalue weighted by molar-refractivity contribution is 7.99. The van der Waals surface area contributed by atoms with E-state index in [1.165, 1.54) is 30.2 Å². The van der Waals surface area contributed by atoms with Crippen LogP contribution in [-0.4, -0.2) is 54.6 Å². The highest BCUT2D eigenvalue weighted by atomic mass is 32.2. The number of likely N-dealkylation sites (N-methyl/N-ethyl adjacent to an activating group) is 1. The van der Waals surface area contributed by atoms with Gasteiger partial charge in [-0.25, -0.2) is 0 Å². The molecular formula is C10H22N2S2. The first-order valence-corrected chi connectivity index (χ1v) is 7.81. The van der Waals surface area contributed by atoms with Gasteiger partial charge in [0.2, 0.25) is 0 Å². The van der Waals surface area contributed by atoms with Crippen LogP contribution in [0, 0.1) is 5.92 Å². The Kier molecular flexibility index (Phi) is 6.33. The van der Waals surface area contributed by atoms with Crippen molar-refractivity contribution in [2.24, 2.45) is 11.7 Å². The fourth-order valence-corrected chi connectivity index (χ4v) is 3.79. The number of nitrogens with zero attached hydrogens (tertiary/aromatic N) is 1. The lowest BCUT2D eigenvalue weighted by atomic mass is 9.98. The summed E-state index contributed by atoms with van der Waals surface area (Å²) in [6, 6.07) is 0.608. The predicted molar refractivity (Wildman–Crippen MR) is 69.3 cm³/mol. The van der Waals surface area contributed by atoms with Gasteiger partial charge in [0.1, 0.15) is 0 Å². The number of nitrogens with two attached hydrogens (primary N) is 1. The average Bonchev–Trinajstić information content (AvgIpc) is 2.69. The smallest absolute Gasteiger partial charge is 0.0252 e. The molecule has 1 saturated heterocycles. The van der Waals surface area contributed by atoms with E-state index in [1.807, 2.05) is 11.8 Å². The molecule has 2 N–H and O–H groups in total. The molecule has 0 spiro atoms. The summed E-state index contributed by atoms with van der Waals surface area (Å²) in [4.78, 5) is 2.45. The van der Waals surface area contributed by atoms with Crippen LogP contribution in [0.1, 0.15) is 6.42 Å². The molecule has 1 fully saturated rings. The van der Waals surface area contributed by atoms with E-state index in [-0.39, 0.29) is 0 Å². The molecule has 84 valence electrons. The SMILES string of the molecule is CSCCN(C)C(CN)C1CCSC1. The molecule has 4 heteroatoms. The van der Waals surface area contributed by atoms with Crippen LogP contribution < -0.4 is 5.73 Å². The number of hydrogen-bond acceptors (Lipinski definition) is 4. The third-order valence-electron chi connectivity index (χ3n) is 2.96. The number of thioether (sulfide) groups is 2. The average molecular weight is 234 g/mol. The maximum Gasteiger partial charge on any atom is 0.0252 e. The van der Waals surface area contributed by atoms with E-state index in [2.05, 4.69) is 30.0 Å². The van der Waals surface area contributed by atoms with Crippen LogP contribution in [0.5, 0.6) is 0 Å². The largest absolute Gasteiger partial charge is 0.329 e. The molecule has 2 atom stereocenters. The summed E-state index contributed by atoms with van der Waals surface area (Å²) in [5, 5.41) is 0. The number of rotatable bonds is 6. The van der Waals surface area contributed by atoms with Crippen molar-refractivity contribution in [1.29, 1.82) is 0 Å². The zero-order valence-electron chi connectivity index (χ0n) is 9.24. The Bertz CT molecular complexity index is 149. The molecule has 1 rings (SSSR count). The van der Waals surface area contributed by atoms with Gasteiger partial charge in [0.15, 0.2) is 0 Å². The van der Waals surface area contributed by atoms with Gasteiger partial charge < -0.3 is 10.6 Å². The van der Waals surface area contributed by atoms with Crippen LogP contribution in [-0.2, 0) is 0 Å². The molecule has 0 aromatic carbocycles. The summed E-state index contributed by atoms with van der Waals surface area (Å²) < 4.78 is 0. The first-order valence-electron chi connectivity index (χ1n) is 5.26. The minimum atomic E-state index is 0.608. The van der Waals surface area contributed by atoms with Crippen molar-refractivity contribution in [3.8, 4) is 0 Å². The topological polar surface area (TPSA) is 29.3 Å². The molecular weight excluding hydrogens is 212 g/mol. The second kappa shape index (κ2) is 6.99. The Morgan fingerprint density at radius 2 is 2.43 bits per heavy atom. The Balaban J connectivity index is 2.34. The summed E-state index contributed by atoms with van der Waals surface area (Å²) in [7, 11) is 2.22. The molecule has 0 aromatic heterocycles.